The lowest BCUT2D eigenvalue weighted by molar-refractivity contribution is -0.864. The van der Waals surface area contributed by atoms with Crippen molar-refractivity contribution in [2.45, 2.75) is 13.3 Å². The number of carbonyl (C=O) groups is 1. The van der Waals surface area contributed by atoms with E-state index in [-0.39, 0.29) is 5.91 Å². The topological polar surface area (TPSA) is 29.1 Å². The van der Waals surface area contributed by atoms with Crippen molar-refractivity contribution in [2.24, 2.45) is 0 Å². The van der Waals surface area contributed by atoms with Crippen LogP contribution in [0.2, 0.25) is 0 Å². The third-order valence-electron chi connectivity index (χ3n) is 1.80. The minimum Gasteiger partial charge on any atom is -0.352 e. The van der Waals surface area contributed by atoms with Crippen molar-refractivity contribution in [1.82, 2.24) is 5.32 Å². The number of nitrogens with one attached hydrogen (secondary N) is 1. The smallest absolute Gasteiger partial charge is 0.246 e. The number of carbonyl (C=O) groups excluding carboxylic acids is 1. The molecule has 86 valence electrons. The van der Waals surface area contributed by atoms with Crippen LogP contribution in [-0.2, 0) is 4.79 Å². The van der Waals surface area contributed by atoms with Gasteiger partial charge in [-0.3, -0.25) is 4.79 Å². The molecule has 0 fully saturated rings. The van der Waals surface area contributed by atoms with Crippen LogP contribution in [0, 0.1) is 0 Å². The van der Waals surface area contributed by atoms with Crippen LogP contribution < -0.4 is 5.32 Å². The second kappa shape index (κ2) is 6.40. The van der Waals surface area contributed by atoms with Crippen LogP contribution in [-0.4, -0.2) is 44.6 Å². The Kier molecular flexibility index (Phi) is 5.94. The van der Waals surface area contributed by atoms with E-state index in [0.717, 1.165) is 17.4 Å². The molecule has 0 aliphatic heterocycles. The molecule has 0 aliphatic carbocycles. The van der Waals surface area contributed by atoms with Crippen LogP contribution in [0.3, 0.4) is 0 Å². The molecule has 0 saturated carbocycles. The zero-order valence-corrected chi connectivity index (χ0v) is 10.3. The van der Waals surface area contributed by atoms with Crippen LogP contribution in [0.5, 0.6) is 0 Å². The molecule has 1 amide bonds. The van der Waals surface area contributed by atoms with Gasteiger partial charge in [0.15, 0.2) is 0 Å². The summed E-state index contributed by atoms with van der Waals surface area (Å²) in [5.74, 6) is -0.0602. The average Bonchev–Trinajstić information content (AvgIpc) is 2.08. The highest BCUT2D eigenvalue weighted by Crippen LogP contribution is 1.91. The highest BCUT2D eigenvalue weighted by atomic mass is 16.1. The molecular weight excluding hydrogens is 188 g/mol. The van der Waals surface area contributed by atoms with Crippen molar-refractivity contribution >= 4 is 5.91 Å². The molecule has 0 heterocycles. The first kappa shape index (κ1) is 13.9. The summed E-state index contributed by atoms with van der Waals surface area (Å²) in [6, 6.07) is 0. The summed E-state index contributed by atoms with van der Waals surface area (Å²) in [5.41, 5.74) is 0.560. The van der Waals surface area contributed by atoms with Gasteiger partial charge in [-0.15, -0.1) is 0 Å². The van der Waals surface area contributed by atoms with E-state index >= 15 is 0 Å². The molecule has 1 N–H and O–H groups in total. The number of amides is 1. The third kappa shape index (κ3) is 9.22. The molecule has 0 rings (SSSR count). The molecule has 0 aliphatic rings. The zero-order chi connectivity index (χ0) is 11.9. The van der Waals surface area contributed by atoms with E-state index in [0.29, 0.717) is 12.1 Å². The summed E-state index contributed by atoms with van der Waals surface area (Å²) in [6.45, 7) is 6.97. The Morgan fingerprint density at radius 2 is 1.93 bits per heavy atom. The van der Waals surface area contributed by atoms with Crippen molar-refractivity contribution in [2.75, 3.05) is 34.2 Å². The van der Waals surface area contributed by atoms with Gasteiger partial charge in [-0.2, -0.15) is 0 Å². The average molecular weight is 211 g/mol. The van der Waals surface area contributed by atoms with Gasteiger partial charge in [0.05, 0.1) is 27.7 Å². The van der Waals surface area contributed by atoms with Crippen LogP contribution in [0.4, 0.5) is 0 Å². The molecule has 0 aromatic heterocycles. The first-order valence-corrected chi connectivity index (χ1v) is 5.22. The molecular formula is C12H23N2O+. The van der Waals surface area contributed by atoms with Gasteiger partial charge in [0.1, 0.15) is 0 Å². The van der Waals surface area contributed by atoms with E-state index < -0.39 is 0 Å². The molecule has 0 aromatic carbocycles. The minimum absolute atomic E-state index is 0.0602. The predicted molar refractivity (Wildman–Crippen MR) is 64.5 cm³/mol. The lowest BCUT2D eigenvalue weighted by atomic mass is 10.3. The highest BCUT2D eigenvalue weighted by molar-refractivity contribution is 5.91. The Morgan fingerprint density at radius 1 is 1.33 bits per heavy atom. The van der Waals surface area contributed by atoms with Gasteiger partial charge >= 0.3 is 0 Å². The third-order valence-corrected chi connectivity index (χ3v) is 1.80. The number of rotatable bonds is 6. The first-order chi connectivity index (χ1) is 6.83. The zero-order valence-electron chi connectivity index (χ0n) is 10.3. The van der Waals surface area contributed by atoms with E-state index in [2.05, 4.69) is 45.2 Å². The van der Waals surface area contributed by atoms with Crippen LogP contribution in [0.1, 0.15) is 13.3 Å². The second-order valence-corrected chi connectivity index (χ2v) is 4.77. The molecule has 0 saturated heterocycles. The summed E-state index contributed by atoms with van der Waals surface area (Å²) < 4.78 is 0.925. The summed E-state index contributed by atoms with van der Waals surface area (Å²) in [7, 11) is 6.44. The fraction of sp³-hybridized carbons (Fsp3) is 0.583. The molecule has 3 heteroatoms. The summed E-state index contributed by atoms with van der Waals surface area (Å²) >= 11 is 0. The Bertz CT molecular complexity index is 249. The largest absolute Gasteiger partial charge is 0.352 e. The molecule has 15 heavy (non-hydrogen) atoms. The van der Waals surface area contributed by atoms with Crippen LogP contribution in [0.25, 0.3) is 0 Å². The maximum absolute atomic E-state index is 11.1. The SMILES string of the molecule is C=C(C)C(=O)NCCC=CC[N+](C)(C)C. The summed E-state index contributed by atoms with van der Waals surface area (Å²) in [6.07, 6.45) is 5.12. The Hall–Kier alpha value is -1.09. The minimum atomic E-state index is -0.0602. The Morgan fingerprint density at radius 3 is 2.40 bits per heavy atom. The van der Waals surface area contributed by atoms with Gasteiger partial charge in [0.25, 0.3) is 0 Å². The monoisotopic (exact) mass is 211 g/mol. The fourth-order valence-electron chi connectivity index (χ4n) is 0.929. The van der Waals surface area contributed by atoms with E-state index in [4.69, 9.17) is 0 Å². The van der Waals surface area contributed by atoms with Crippen molar-refractivity contribution in [1.29, 1.82) is 0 Å². The number of likely N-dealkylation sites (N-methyl/N-ethyl adjacent to an activating group) is 1. The van der Waals surface area contributed by atoms with E-state index in [1.165, 1.54) is 0 Å². The number of hydrogen-bond acceptors (Lipinski definition) is 1. The van der Waals surface area contributed by atoms with E-state index in [9.17, 15) is 4.79 Å². The van der Waals surface area contributed by atoms with Crippen molar-refractivity contribution in [3.63, 3.8) is 0 Å². The molecule has 0 bridgehead atoms. The first-order valence-electron chi connectivity index (χ1n) is 5.22. The maximum Gasteiger partial charge on any atom is 0.246 e. The van der Waals surface area contributed by atoms with E-state index in [1.807, 2.05) is 0 Å². The van der Waals surface area contributed by atoms with Gasteiger partial charge in [0, 0.05) is 12.1 Å². The van der Waals surface area contributed by atoms with Gasteiger partial charge in [-0.05, 0) is 19.4 Å². The van der Waals surface area contributed by atoms with Crippen LogP contribution >= 0.6 is 0 Å². The highest BCUT2D eigenvalue weighted by Gasteiger charge is 2.01. The van der Waals surface area contributed by atoms with Gasteiger partial charge < -0.3 is 9.80 Å². The van der Waals surface area contributed by atoms with Gasteiger partial charge in [0.2, 0.25) is 5.91 Å². The molecule has 0 spiro atoms. The Balaban J connectivity index is 3.55. The summed E-state index contributed by atoms with van der Waals surface area (Å²) in [4.78, 5) is 11.1. The van der Waals surface area contributed by atoms with E-state index in [1.54, 1.807) is 6.92 Å². The number of quaternary nitrogens is 1. The molecule has 3 nitrogen and oxygen atoms in total. The predicted octanol–water partition coefficient (Wildman–Crippen LogP) is 1.33. The molecule has 0 radical (unpaired) electrons. The van der Waals surface area contributed by atoms with Crippen molar-refractivity contribution < 1.29 is 9.28 Å². The molecule has 0 aromatic rings. The second-order valence-electron chi connectivity index (χ2n) is 4.77. The normalized spacial score (nSPS) is 11.7. The summed E-state index contributed by atoms with van der Waals surface area (Å²) in [5, 5.41) is 2.78. The number of nitrogens with zero attached hydrogens (tertiary/aromatic N) is 1. The quantitative estimate of drug-likeness (QED) is 0.305. The molecule has 0 atom stereocenters. The fourth-order valence-corrected chi connectivity index (χ4v) is 0.929. The maximum atomic E-state index is 11.1. The lowest BCUT2D eigenvalue weighted by Crippen LogP contribution is -2.34. The molecule has 0 unspecified atom stereocenters. The van der Waals surface area contributed by atoms with Crippen molar-refractivity contribution in [3.8, 4) is 0 Å². The number of hydrogen-bond donors (Lipinski definition) is 1. The standard InChI is InChI=1S/C12H22N2O/c1-11(2)12(15)13-9-7-6-8-10-14(3,4)5/h6,8H,1,7,9-10H2,2-5H3/p+1. The van der Waals surface area contributed by atoms with Crippen molar-refractivity contribution in [3.05, 3.63) is 24.3 Å². The van der Waals surface area contributed by atoms with Crippen LogP contribution in [0.15, 0.2) is 24.3 Å². The Labute approximate surface area is 93.1 Å². The van der Waals surface area contributed by atoms with Gasteiger partial charge in [-0.1, -0.05) is 12.7 Å². The lowest BCUT2D eigenvalue weighted by Gasteiger charge is -2.21. The van der Waals surface area contributed by atoms with Gasteiger partial charge in [-0.25, -0.2) is 0 Å².